The molecule has 28 heavy (non-hydrogen) atoms. The van der Waals surface area contributed by atoms with Gasteiger partial charge in [-0.25, -0.2) is 9.37 Å². The van der Waals surface area contributed by atoms with Gasteiger partial charge in [0.15, 0.2) is 11.4 Å². The van der Waals surface area contributed by atoms with E-state index in [1.165, 1.54) is 12.1 Å². The fourth-order valence-corrected chi connectivity index (χ4v) is 3.36. The van der Waals surface area contributed by atoms with Gasteiger partial charge in [0.2, 0.25) is 0 Å². The standard InChI is InChI=1S/C21H26FN3O3/c1-4-10-27-19-17(14-5-7-15(22)8-6-14)16(12-24-18(19)20(23)26)25-9-11-28-21(2,3)13-25/h5-8,12H,4,9-11,13H2,1-3H3,(H2,23,26). The Hall–Kier alpha value is -2.67. The second kappa shape index (κ2) is 8.14. The highest BCUT2D eigenvalue weighted by Crippen LogP contribution is 2.41. The number of primary amides is 1. The molecule has 0 aliphatic carbocycles. The van der Waals surface area contributed by atoms with Gasteiger partial charge in [0.05, 0.1) is 36.3 Å². The van der Waals surface area contributed by atoms with Crippen LogP contribution in [0.15, 0.2) is 30.5 Å². The van der Waals surface area contributed by atoms with E-state index in [9.17, 15) is 9.18 Å². The number of carbonyl (C=O) groups excluding carboxylic acids is 1. The summed E-state index contributed by atoms with van der Waals surface area (Å²) < 4.78 is 25.3. The van der Waals surface area contributed by atoms with Crippen molar-refractivity contribution in [3.63, 3.8) is 0 Å². The molecule has 1 saturated heterocycles. The van der Waals surface area contributed by atoms with Crippen molar-refractivity contribution >= 4 is 11.6 Å². The Kier molecular flexibility index (Phi) is 5.84. The highest BCUT2D eigenvalue weighted by Gasteiger charge is 2.31. The number of rotatable bonds is 6. The van der Waals surface area contributed by atoms with E-state index >= 15 is 0 Å². The van der Waals surface area contributed by atoms with Crippen molar-refractivity contribution in [2.75, 3.05) is 31.2 Å². The van der Waals surface area contributed by atoms with Crippen LogP contribution >= 0.6 is 0 Å². The summed E-state index contributed by atoms with van der Waals surface area (Å²) in [5, 5.41) is 0. The molecule has 1 aromatic carbocycles. The summed E-state index contributed by atoms with van der Waals surface area (Å²) in [5.41, 5.74) is 7.53. The van der Waals surface area contributed by atoms with Crippen LogP contribution < -0.4 is 15.4 Å². The molecular formula is C21H26FN3O3. The van der Waals surface area contributed by atoms with Gasteiger partial charge in [-0.1, -0.05) is 19.1 Å². The summed E-state index contributed by atoms with van der Waals surface area (Å²) in [7, 11) is 0. The van der Waals surface area contributed by atoms with Crippen molar-refractivity contribution in [3.05, 3.63) is 42.0 Å². The van der Waals surface area contributed by atoms with Crippen molar-refractivity contribution in [1.82, 2.24) is 4.98 Å². The molecule has 0 unspecified atom stereocenters. The van der Waals surface area contributed by atoms with Crippen molar-refractivity contribution in [3.8, 4) is 16.9 Å². The largest absolute Gasteiger partial charge is 0.490 e. The van der Waals surface area contributed by atoms with Crippen molar-refractivity contribution in [2.24, 2.45) is 5.73 Å². The zero-order valence-electron chi connectivity index (χ0n) is 16.5. The minimum absolute atomic E-state index is 0.0732. The molecule has 0 saturated carbocycles. The molecular weight excluding hydrogens is 361 g/mol. The van der Waals surface area contributed by atoms with Gasteiger partial charge in [0.1, 0.15) is 5.82 Å². The van der Waals surface area contributed by atoms with Gasteiger partial charge in [-0.15, -0.1) is 0 Å². The quantitative estimate of drug-likeness (QED) is 0.822. The van der Waals surface area contributed by atoms with Crippen LogP contribution in [0, 0.1) is 5.82 Å². The lowest BCUT2D eigenvalue weighted by Crippen LogP contribution is -2.48. The van der Waals surface area contributed by atoms with Crippen LogP contribution in [-0.4, -0.2) is 42.8 Å². The summed E-state index contributed by atoms with van der Waals surface area (Å²) >= 11 is 0. The normalized spacial score (nSPS) is 16.1. The molecule has 6 nitrogen and oxygen atoms in total. The van der Waals surface area contributed by atoms with E-state index in [1.807, 2.05) is 20.8 Å². The Labute approximate surface area is 164 Å². The van der Waals surface area contributed by atoms with Crippen molar-refractivity contribution in [1.29, 1.82) is 0 Å². The van der Waals surface area contributed by atoms with E-state index in [4.69, 9.17) is 15.2 Å². The maximum atomic E-state index is 13.5. The Morgan fingerprint density at radius 3 is 2.68 bits per heavy atom. The number of morpholine rings is 1. The third-order valence-corrected chi connectivity index (χ3v) is 4.60. The predicted molar refractivity (Wildman–Crippen MR) is 106 cm³/mol. The molecule has 2 aromatic rings. The lowest BCUT2D eigenvalue weighted by Gasteiger charge is -2.40. The number of amides is 1. The number of ether oxygens (including phenoxy) is 2. The zero-order valence-corrected chi connectivity index (χ0v) is 16.5. The van der Waals surface area contributed by atoms with E-state index in [0.29, 0.717) is 37.6 Å². The Morgan fingerprint density at radius 2 is 2.07 bits per heavy atom. The number of nitrogens with two attached hydrogens (primary N) is 1. The maximum Gasteiger partial charge on any atom is 0.271 e. The molecule has 7 heteroatoms. The number of pyridine rings is 1. The van der Waals surface area contributed by atoms with Gasteiger partial charge >= 0.3 is 0 Å². The van der Waals surface area contributed by atoms with Crippen molar-refractivity contribution < 1.29 is 18.7 Å². The van der Waals surface area contributed by atoms with Gasteiger partial charge in [-0.05, 0) is 38.0 Å². The molecule has 1 aliphatic rings. The van der Waals surface area contributed by atoms with Crippen LogP contribution in [0.3, 0.4) is 0 Å². The lowest BCUT2D eigenvalue weighted by molar-refractivity contribution is -0.0276. The van der Waals surface area contributed by atoms with E-state index in [2.05, 4.69) is 9.88 Å². The first-order chi connectivity index (χ1) is 13.3. The summed E-state index contributed by atoms with van der Waals surface area (Å²) in [6.07, 6.45) is 2.40. The average molecular weight is 387 g/mol. The lowest BCUT2D eigenvalue weighted by atomic mass is 9.99. The van der Waals surface area contributed by atoms with Gasteiger partial charge < -0.3 is 20.1 Å². The molecule has 3 rings (SSSR count). The molecule has 0 radical (unpaired) electrons. The first kappa shape index (κ1) is 20.1. The van der Waals surface area contributed by atoms with Crippen molar-refractivity contribution in [2.45, 2.75) is 32.8 Å². The molecule has 0 atom stereocenters. The predicted octanol–water partition coefficient (Wildman–Crippen LogP) is 3.39. The highest BCUT2D eigenvalue weighted by atomic mass is 19.1. The minimum atomic E-state index is -0.664. The molecule has 1 amide bonds. The summed E-state index contributed by atoms with van der Waals surface area (Å²) in [6.45, 7) is 8.32. The fourth-order valence-electron chi connectivity index (χ4n) is 3.36. The van der Waals surface area contributed by atoms with Crippen LogP contribution in [0.25, 0.3) is 11.1 Å². The number of halogens is 1. The molecule has 1 aromatic heterocycles. The number of hydrogen-bond donors (Lipinski definition) is 1. The highest BCUT2D eigenvalue weighted by molar-refractivity contribution is 5.98. The molecule has 1 fully saturated rings. The van der Waals surface area contributed by atoms with Crippen LogP contribution in [0.5, 0.6) is 5.75 Å². The Balaban J connectivity index is 2.20. The second-order valence-electron chi connectivity index (χ2n) is 7.45. The fraction of sp³-hybridized carbons (Fsp3) is 0.429. The summed E-state index contributed by atoms with van der Waals surface area (Å²) in [4.78, 5) is 18.5. The Bertz CT molecular complexity index is 853. The number of nitrogens with zero attached hydrogens (tertiary/aromatic N) is 2. The van der Waals surface area contributed by atoms with Crippen LogP contribution in [0.2, 0.25) is 0 Å². The van der Waals surface area contributed by atoms with E-state index < -0.39 is 5.91 Å². The number of anilines is 1. The monoisotopic (exact) mass is 387 g/mol. The van der Waals surface area contributed by atoms with E-state index in [0.717, 1.165) is 17.7 Å². The first-order valence-corrected chi connectivity index (χ1v) is 9.43. The molecule has 0 spiro atoms. The third kappa shape index (κ3) is 4.25. The second-order valence-corrected chi connectivity index (χ2v) is 7.45. The molecule has 0 bridgehead atoms. The smallest absolute Gasteiger partial charge is 0.271 e. The van der Waals surface area contributed by atoms with Gasteiger partial charge in [-0.2, -0.15) is 0 Å². The maximum absolute atomic E-state index is 13.5. The van der Waals surface area contributed by atoms with E-state index in [-0.39, 0.29) is 17.1 Å². The molecule has 2 N–H and O–H groups in total. The minimum Gasteiger partial charge on any atom is -0.490 e. The SMILES string of the molecule is CCCOc1c(C(N)=O)ncc(N2CCOC(C)(C)C2)c1-c1ccc(F)cc1. The van der Waals surface area contributed by atoms with Crippen LogP contribution in [0.1, 0.15) is 37.7 Å². The van der Waals surface area contributed by atoms with Gasteiger partial charge in [0, 0.05) is 13.1 Å². The molecule has 150 valence electrons. The molecule has 2 heterocycles. The number of hydrogen-bond acceptors (Lipinski definition) is 5. The third-order valence-electron chi connectivity index (χ3n) is 4.60. The Morgan fingerprint density at radius 1 is 1.36 bits per heavy atom. The van der Waals surface area contributed by atoms with E-state index in [1.54, 1.807) is 18.3 Å². The number of aromatic nitrogens is 1. The van der Waals surface area contributed by atoms with Crippen LogP contribution in [0.4, 0.5) is 10.1 Å². The zero-order chi connectivity index (χ0) is 20.3. The van der Waals surface area contributed by atoms with Gasteiger partial charge in [0.25, 0.3) is 5.91 Å². The first-order valence-electron chi connectivity index (χ1n) is 9.43. The number of benzene rings is 1. The topological polar surface area (TPSA) is 77.7 Å². The summed E-state index contributed by atoms with van der Waals surface area (Å²) in [5.74, 6) is -0.663. The average Bonchev–Trinajstić information content (AvgIpc) is 2.65. The van der Waals surface area contributed by atoms with Gasteiger partial charge in [-0.3, -0.25) is 4.79 Å². The summed E-state index contributed by atoms with van der Waals surface area (Å²) in [6, 6.07) is 6.11. The number of carbonyl (C=O) groups is 1. The molecule has 1 aliphatic heterocycles. The van der Waals surface area contributed by atoms with Crippen LogP contribution in [-0.2, 0) is 4.74 Å².